The summed E-state index contributed by atoms with van der Waals surface area (Å²) >= 11 is 0. The third kappa shape index (κ3) is 3.55. The third-order valence-electron chi connectivity index (χ3n) is 3.41. The lowest BCUT2D eigenvalue weighted by atomic mass is 10.1. The molecule has 122 valence electrons. The van der Waals surface area contributed by atoms with E-state index in [4.69, 9.17) is 19.5 Å². The van der Waals surface area contributed by atoms with Gasteiger partial charge in [-0.25, -0.2) is 0 Å². The van der Waals surface area contributed by atoms with Gasteiger partial charge in [0, 0.05) is 0 Å². The van der Waals surface area contributed by atoms with Gasteiger partial charge in [-0.1, -0.05) is 18.2 Å². The SMILES string of the molecule is COc1ccc(C(=O)C=Cc2cccc(C#N)c2)c(OC)c1OC. The molecule has 0 heterocycles. The van der Waals surface area contributed by atoms with Crippen molar-refractivity contribution in [2.75, 3.05) is 21.3 Å². The average molecular weight is 323 g/mol. The Hall–Kier alpha value is -3.26. The molecule has 0 N–H and O–H groups in total. The molecule has 0 amide bonds. The largest absolute Gasteiger partial charge is 0.493 e. The van der Waals surface area contributed by atoms with Gasteiger partial charge in [-0.3, -0.25) is 4.79 Å². The van der Waals surface area contributed by atoms with Crippen LogP contribution in [0.3, 0.4) is 0 Å². The normalized spacial score (nSPS) is 10.2. The molecule has 5 nitrogen and oxygen atoms in total. The topological polar surface area (TPSA) is 68.6 Å². The summed E-state index contributed by atoms with van der Waals surface area (Å²) in [6, 6.07) is 12.3. The zero-order chi connectivity index (χ0) is 17.5. The van der Waals surface area contributed by atoms with Gasteiger partial charge in [0.15, 0.2) is 17.3 Å². The number of benzene rings is 2. The van der Waals surface area contributed by atoms with E-state index in [-0.39, 0.29) is 5.78 Å². The lowest BCUT2D eigenvalue weighted by molar-refractivity contribution is 0.104. The number of hydrogen-bond acceptors (Lipinski definition) is 5. The van der Waals surface area contributed by atoms with E-state index in [1.807, 2.05) is 6.07 Å². The van der Waals surface area contributed by atoms with Crippen molar-refractivity contribution in [3.63, 3.8) is 0 Å². The number of nitriles is 1. The quantitative estimate of drug-likeness (QED) is 0.601. The Morgan fingerprint density at radius 2 is 1.79 bits per heavy atom. The molecule has 0 fully saturated rings. The molecule has 2 aromatic carbocycles. The van der Waals surface area contributed by atoms with Crippen molar-refractivity contribution < 1.29 is 19.0 Å². The Morgan fingerprint density at radius 3 is 2.42 bits per heavy atom. The maximum atomic E-state index is 12.5. The van der Waals surface area contributed by atoms with Crippen LogP contribution < -0.4 is 14.2 Å². The Morgan fingerprint density at radius 1 is 1.04 bits per heavy atom. The zero-order valence-electron chi connectivity index (χ0n) is 13.7. The fourth-order valence-electron chi connectivity index (χ4n) is 2.27. The highest BCUT2D eigenvalue weighted by Crippen LogP contribution is 2.40. The molecular formula is C19H17NO4. The van der Waals surface area contributed by atoms with E-state index in [0.717, 1.165) is 5.56 Å². The number of nitrogens with zero attached hydrogens (tertiary/aromatic N) is 1. The average Bonchev–Trinajstić information content (AvgIpc) is 2.64. The van der Waals surface area contributed by atoms with Crippen LogP contribution in [-0.2, 0) is 0 Å². The van der Waals surface area contributed by atoms with Gasteiger partial charge in [-0.15, -0.1) is 0 Å². The summed E-state index contributed by atoms with van der Waals surface area (Å²) in [5.74, 6) is 0.926. The summed E-state index contributed by atoms with van der Waals surface area (Å²) in [6.45, 7) is 0. The zero-order valence-corrected chi connectivity index (χ0v) is 13.7. The lowest BCUT2D eigenvalue weighted by Gasteiger charge is -2.14. The Balaban J connectivity index is 2.36. The molecule has 0 aliphatic rings. The summed E-state index contributed by atoms with van der Waals surface area (Å²) in [7, 11) is 4.47. The molecule has 0 radical (unpaired) electrons. The Labute approximate surface area is 140 Å². The second-order valence-corrected chi connectivity index (χ2v) is 4.82. The van der Waals surface area contributed by atoms with E-state index in [1.54, 1.807) is 36.4 Å². The standard InChI is InChI=1S/C19H17NO4/c1-22-17-10-8-15(18(23-2)19(17)24-3)16(21)9-7-13-5-4-6-14(11-13)12-20/h4-11H,1-3H3. The summed E-state index contributed by atoms with van der Waals surface area (Å²) in [4.78, 5) is 12.5. The van der Waals surface area contributed by atoms with E-state index in [2.05, 4.69) is 6.07 Å². The lowest BCUT2D eigenvalue weighted by Crippen LogP contribution is -2.02. The van der Waals surface area contributed by atoms with Crippen LogP contribution in [0.15, 0.2) is 42.5 Å². The summed E-state index contributed by atoms with van der Waals surface area (Å²) in [5, 5.41) is 8.91. The van der Waals surface area contributed by atoms with Gasteiger partial charge in [-0.05, 0) is 35.9 Å². The van der Waals surface area contributed by atoms with Crippen LogP contribution in [0.25, 0.3) is 6.08 Å². The van der Waals surface area contributed by atoms with E-state index >= 15 is 0 Å². The Kier molecular flexibility index (Phi) is 5.58. The molecule has 0 aliphatic carbocycles. The summed E-state index contributed by atoms with van der Waals surface area (Å²) < 4.78 is 15.8. The van der Waals surface area contributed by atoms with Crippen LogP contribution in [-0.4, -0.2) is 27.1 Å². The highest BCUT2D eigenvalue weighted by molar-refractivity contribution is 6.09. The number of carbonyl (C=O) groups excluding carboxylic acids is 1. The second-order valence-electron chi connectivity index (χ2n) is 4.82. The minimum absolute atomic E-state index is 0.241. The number of allylic oxidation sites excluding steroid dienone is 1. The highest BCUT2D eigenvalue weighted by Gasteiger charge is 2.19. The molecule has 0 bridgehead atoms. The fraction of sp³-hybridized carbons (Fsp3) is 0.158. The molecule has 0 aromatic heterocycles. The second kappa shape index (κ2) is 7.84. The van der Waals surface area contributed by atoms with Crippen molar-refractivity contribution >= 4 is 11.9 Å². The summed E-state index contributed by atoms with van der Waals surface area (Å²) in [5.41, 5.74) is 1.66. The molecule has 24 heavy (non-hydrogen) atoms. The predicted octanol–water partition coefficient (Wildman–Crippen LogP) is 3.48. The first-order valence-corrected chi connectivity index (χ1v) is 7.16. The van der Waals surface area contributed by atoms with Crippen LogP contribution in [0.5, 0.6) is 17.2 Å². The molecule has 0 saturated heterocycles. The predicted molar refractivity (Wildman–Crippen MR) is 90.6 cm³/mol. The number of carbonyl (C=O) groups is 1. The summed E-state index contributed by atoms with van der Waals surface area (Å²) in [6.07, 6.45) is 3.08. The van der Waals surface area contributed by atoms with Gasteiger partial charge in [0.25, 0.3) is 0 Å². The van der Waals surface area contributed by atoms with Crippen molar-refractivity contribution in [2.45, 2.75) is 0 Å². The van der Waals surface area contributed by atoms with Crippen molar-refractivity contribution in [1.29, 1.82) is 5.26 Å². The van der Waals surface area contributed by atoms with Crippen molar-refractivity contribution in [1.82, 2.24) is 0 Å². The molecule has 0 atom stereocenters. The Bertz CT molecular complexity index is 819. The molecule has 0 unspecified atom stereocenters. The van der Waals surface area contributed by atoms with E-state index in [1.165, 1.54) is 27.4 Å². The van der Waals surface area contributed by atoms with Gasteiger partial charge < -0.3 is 14.2 Å². The first-order chi connectivity index (χ1) is 11.6. The highest BCUT2D eigenvalue weighted by atomic mass is 16.5. The molecule has 2 rings (SSSR count). The van der Waals surface area contributed by atoms with Crippen LogP contribution in [0.1, 0.15) is 21.5 Å². The number of rotatable bonds is 6. The fourth-order valence-corrected chi connectivity index (χ4v) is 2.27. The van der Waals surface area contributed by atoms with E-state index in [9.17, 15) is 4.79 Å². The molecular weight excluding hydrogens is 306 g/mol. The van der Waals surface area contributed by atoms with Crippen molar-refractivity contribution in [3.8, 4) is 23.3 Å². The van der Waals surface area contributed by atoms with E-state index in [0.29, 0.717) is 28.4 Å². The molecule has 0 aliphatic heterocycles. The first kappa shape index (κ1) is 17.1. The van der Waals surface area contributed by atoms with Gasteiger partial charge in [0.1, 0.15) is 0 Å². The maximum Gasteiger partial charge on any atom is 0.204 e. The first-order valence-electron chi connectivity index (χ1n) is 7.16. The number of ketones is 1. The van der Waals surface area contributed by atoms with Gasteiger partial charge in [0.05, 0.1) is 38.5 Å². The van der Waals surface area contributed by atoms with Gasteiger partial charge in [0.2, 0.25) is 5.75 Å². The van der Waals surface area contributed by atoms with Crippen LogP contribution in [0, 0.1) is 11.3 Å². The molecule has 5 heteroatoms. The monoisotopic (exact) mass is 323 g/mol. The number of methoxy groups -OCH3 is 3. The smallest absolute Gasteiger partial charge is 0.204 e. The number of ether oxygens (including phenoxy) is 3. The van der Waals surface area contributed by atoms with Crippen LogP contribution >= 0.6 is 0 Å². The van der Waals surface area contributed by atoms with Crippen molar-refractivity contribution in [3.05, 3.63) is 59.2 Å². The van der Waals surface area contributed by atoms with Crippen LogP contribution in [0.2, 0.25) is 0 Å². The van der Waals surface area contributed by atoms with Gasteiger partial charge in [-0.2, -0.15) is 5.26 Å². The van der Waals surface area contributed by atoms with Crippen LogP contribution in [0.4, 0.5) is 0 Å². The maximum absolute atomic E-state index is 12.5. The molecule has 2 aromatic rings. The molecule has 0 saturated carbocycles. The van der Waals surface area contributed by atoms with Gasteiger partial charge >= 0.3 is 0 Å². The number of hydrogen-bond donors (Lipinski definition) is 0. The van der Waals surface area contributed by atoms with Crippen molar-refractivity contribution in [2.24, 2.45) is 0 Å². The minimum atomic E-state index is -0.241. The molecule has 0 spiro atoms. The van der Waals surface area contributed by atoms with E-state index < -0.39 is 0 Å². The minimum Gasteiger partial charge on any atom is -0.493 e. The third-order valence-corrected chi connectivity index (χ3v) is 3.41.